The number of nitrogens with one attached hydrogen (secondary N) is 1. The van der Waals surface area contributed by atoms with Crippen molar-refractivity contribution in [2.24, 2.45) is 0 Å². The van der Waals surface area contributed by atoms with Crippen LogP contribution in [0.3, 0.4) is 0 Å². The van der Waals surface area contributed by atoms with Crippen LogP contribution < -0.4 is 5.32 Å². The maximum Gasteiger partial charge on any atom is 0.336 e. The van der Waals surface area contributed by atoms with E-state index in [0.717, 1.165) is 16.3 Å². The second kappa shape index (κ2) is 7.27. The lowest BCUT2D eigenvalue weighted by atomic mass is 10.1. The Balaban J connectivity index is 1.92. The number of carboxylic acid groups (broad SMARTS) is 1. The first-order valence-electron chi connectivity index (χ1n) is 7.79. The zero-order valence-electron chi connectivity index (χ0n) is 13.5. The molecule has 3 rings (SSSR count). The number of aromatic nitrogens is 1. The number of carboxylic acids is 1. The lowest BCUT2D eigenvalue weighted by molar-refractivity contribution is 0.0692. The molecule has 0 aliphatic carbocycles. The van der Waals surface area contributed by atoms with Gasteiger partial charge in [0.05, 0.1) is 16.8 Å². The molecule has 0 unspecified atom stereocenters. The zero-order chi connectivity index (χ0) is 17.8. The molecule has 5 nitrogen and oxygen atoms in total. The van der Waals surface area contributed by atoms with E-state index < -0.39 is 11.9 Å². The first kappa shape index (κ1) is 16.9. The number of amides is 1. The van der Waals surface area contributed by atoms with Crippen molar-refractivity contribution < 1.29 is 14.7 Å². The number of hydrogen-bond donors (Lipinski definition) is 2. The van der Waals surface area contributed by atoms with E-state index >= 15 is 0 Å². The van der Waals surface area contributed by atoms with E-state index in [1.165, 1.54) is 23.5 Å². The predicted octanol–water partition coefficient (Wildman–Crippen LogP) is 4.32. The molecule has 0 spiro atoms. The summed E-state index contributed by atoms with van der Waals surface area (Å²) >= 11 is 1.38. The molecule has 1 amide bonds. The van der Waals surface area contributed by atoms with Crippen LogP contribution >= 0.6 is 11.3 Å². The molecule has 2 N–H and O–H groups in total. The summed E-state index contributed by atoms with van der Waals surface area (Å²) in [5.41, 5.74) is 1.87. The number of aryl methyl sites for hydroxylation is 1. The number of aromatic carboxylic acids is 1. The number of carbonyl (C=O) groups is 2. The van der Waals surface area contributed by atoms with Gasteiger partial charge in [0.1, 0.15) is 10.0 Å². The Morgan fingerprint density at radius 2 is 1.68 bits per heavy atom. The molecule has 0 radical (unpaired) electrons. The first-order valence-corrected chi connectivity index (χ1v) is 8.60. The van der Waals surface area contributed by atoms with Crippen LogP contribution in [-0.4, -0.2) is 22.0 Å². The van der Waals surface area contributed by atoms with Crippen molar-refractivity contribution in [3.05, 3.63) is 71.4 Å². The summed E-state index contributed by atoms with van der Waals surface area (Å²) in [5.74, 6) is -1.58. The van der Waals surface area contributed by atoms with Crippen LogP contribution in [-0.2, 0) is 6.42 Å². The summed E-state index contributed by atoms with van der Waals surface area (Å²) in [6.07, 6.45) is 0.666. The molecule has 3 aromatic rings. The normalized spacial score (nSPS) is 10.4. The summed E-state index contributed by atoms with van der Waals surface area (Å²) in [4.78, 5) is 28.4. The minimum atomic E-state index is -1.13. The molecule has 0 fully saturated rings. The van der Waals surface area contributed by atoms with Crippen molar-refractivity contribution in [2.75, 3.05) is 5.32 Å². The van der Waals surface area contributed by atoms with Crippen molar-refractivity contribution in [2.45, 2.75) is 13.3 Å². The summed E-state index contributed by atoms with van der Waals surface area (Å²) in [6, 6.07) is 15.9. The SMILES string of the molecule is CCc1nc(-c2ccccc2)sc1NC(=O)c1ccccc1C(=O)O. The van der Waals surface area contributed by atoms with Crippen LogP contribution in [0.4, 0.5) is 5.00 Å². The molecular weight excluding hydrogens is 336 g/mol. The largest absolute Gasteiger partial charge is 0.478 e. The topological polar surface area (TPSA) is 79.3 Å². The second-order valence-electron chi connectivity index (χ2n) is 5.32. The predicted molar refractivity (Wildman–Crippen MR) is 98.3 cm³/mol. The van der Waals surface area contributed by atoms with Crippen molar-refractivity contribution >= 4 is 28.2 Å². The van der Waals surface area contributed by atoms with Gasteiger partial charge in [-0.25, -0.2) is 9.78 Å². The molecule has 0 aliphatic heterocycles. The van der Waals surface area contributed by atoms with Gasteiger partial charge in [0.2, 0.25) is 0 Å². The summed E-state index contributed by atoms with van der Waals surface area (Å²) in [7, 11) is 0. The monoisotopic (exact) mass is 352 g/mol. The summed E-state index contributed by atoms with van der Waals surface area (Å²) in [6.45, 7) is 1.96. The van der Waals surface area contributed by atoms with Crippen molar-refractivity contribution in [3.63, 3.8) is 0 Å². The molecule has 2 aromatic carbocycles. The van der Waals surface area contributed by atoms with Crippen molar-refractivity contribution in [1.29, 1.82) is 0 Å². The van der Waals surface area contributed by atoms with Gasteiger partial charge in [0, 0.05) is 5.56 Å². The number of hydrogen-bond acceptors (Lipinski definition) is 4. The fourth-order valence-corrected chi connectivity index (χ4v) is 3.49. The fraction of sp³-hybridized carbons (Fsp3) is 0.105. The van der Waals surface area contributed by atoms with Crippen molar-refractivity contribution in [3.8, 4) is 10.6 Å². The lowest BCUT2D eigenvalue weighted by Gasteiger charge is -2.06. The number of thiazole rings is 1. The quantitative estimate of drug-likeness (QED) is 0.716. The Hall–Kier alpha value is -2.99. The second-order valence-corrected chi connectivity index (χ2v) is 6.32. The van der Waals surface area contributed by atoms with E-state index in [1.807, 2.05) is 37.3 Å². The number of rotatable bonds is 5. The van der Waals surface area contributed by atoms with E-state index in [9.17, 15) is 14.7 Å². The number of carbonyl (C=O) groups excluding carboxylic acids is 1. The Labute approximate surface area is 149 Å². The average molecular weight is 352 g/mol. The van der Waals surface area contributed by atoms with Gasteiger partial charge < -0.3 is 10.4 Å². The molecule has 0 atom stereocenters. The molecule has 6 heteroatoms. The maximum atomic E-state index is 12.6. The third-order valence-electron chi connectivity index (χ3n) is 3.68. The molecule has 0 saturated carbocycles. The number of nitrogens with zero attached hydrogens (tertiary/aromatic N) is 1. The number of benzene rings is 2. The van der Waals surface area contributed by atoms with Gasteiger partial charge in [0.15, 0.2) is 0 Å². The summed E-state index contributed by atoms with van der Waals surface area (Å²) < 4.78 is 0. The third kappa shape index (κ3) is 3.59. The standard InChI is InChI=1S/C19H16N2O3S/c1-2-15-18(25-17(20-15)12-8-4-3-5-9-12)21-16(22)13-10-6-7-11-14(13)19(23)24/h3-11H,2H2,1H3,(H,21,22)(H,23,24). The Bertz CT molecular complexity index is 919. The van der Waals surface area contributed by atoms with Gasteiger partial charge in [0.25, 0.3) is 5.91 Å². The van der Waals surface area contributed by atoms with E-state index in [1.54, 1.807) is 12.1 Å². The van der Waals surface area contributed by atoms with Crippen LogP contribution in [0.15, 0.2) is 54.6 Å². The van der Waals surface area contributed by atoms with E-state index in [0.29, 0.717) is 11.4 Å². The molecule has 0 saturated heterocycles. The van der Waals surface area contributed by atoms with Crippen LogP contribution in [0, 0.1) is 0 Å². The molecule has 0 aliphatic rings. The Morgan fingerprint density at radius 1 is 1.04 bits per heavy atom. The van der Waals surface area contributed by atoms with Gasteiger partial charge >= 0.3 is 5.97 Å². The zero-order valence-corrected chi connectivity index (χ0v) is 14.3. The highest BCUT2D eigenvalue weighted by Gasteiger charge is 2.19. The minimum Gasteiger partial charge on any atom is -0.478 e. The third-order valence-corrected chi connectivity index (χ3v) is 4.74. The molecule has 1 aromatic heterocycles. The summed E-state index contributed by atoms with van der Waals surface area (Å²) in [5, 5.41) is 13.5. The van der Waals surface area contributed by atoms with Gasteiger partial charge in [-0.1, -0.05) is 60.7 Å². The molecule has 126 valence electrons. The molecule has 25 heavy (non-hydrogen) atoms. The van der Waals surface area contributed by atoms with E-state index in [2.05, 4.69) is 10.3 Å². The smallest absolute Gasteiger partial charge is 0.336 e. The van der Waals surface area contributed by atoms with Gasteiger partial charge in [-0.15, -0.1) is 0 Å². The van der Waals surface area contributed by atoms with Crippen LogP contribution in [0.25, 0.3) is 10.6 Å². The first-order chi connectivity index (χ1) is 12.1. The van der Waals surface area contributed by atoms with Gasteiger partial charge in [-0.2, -0.15) is 0 Å². The average Bonchev–Trinajstić information content (AvgIpc) is 3.05. The van der Waals surface area contributed by atoms with Gasteiger partial charge in [-0.3, -0.25) is 4.79 Å². The van der Waals surface area contributed by atoms with E-state index in [4.69, 9.17) is 0 Å². The van der Waals surface area contributed by atoms with Gasteiger partial charge in [-0.05, 0) is 18.6 Å². The minimum absolute atomic E-state index is 0.0224. The Morgan fingerprint density at radius 3 is 2.32 bits per heavy atom. The van der Waals surface area contributed by atoms with Crippen LogP contribution in [0.1, 0.15) is 33.3 Å². The maximum absolute atomic E-state index is 12.6. The highest BCUT2D eigenvalue weighted by atomic mass is 32.1. The van der Waals surface area contributed by atoms with Crippen molar-refractivity contribution in [1.82, 2.24) is 4.98 Å². The highest BCUT2D eigenvalue weighted by Crippen LogP contribution is 2.32. The van der Waals surface area contributed by atoms with Crippen LogP contribution in [0.2, 0.25) is 0 Å². The lowest BCUT2D eigenvalue weighted by Crippen LogP contribution is -2.16. The Kier molecular flexibility index (Phi) is 4.90. The van der Waals surface area contributed by atoms with Crippen LogP contribution in [0.5, 0.6) is 0 Å². The molecular formula is C19H16N2O3S. The molecule has 1 heterocycles. The number of anilines is 1. The fourth-order valence-electron chi connectivity index (χ4n) is 2.43. The highest BCUT2D eigenvalue weighted by molar-refractivity contribution is 7.19. The van der Waals surface area contributed by atoms with E-state index in [-0.39, 0.29) is 11.1 Å². The molecule has 0 bridgehead atoms.